The number of carboxylic acids is 1. The van der Waals surface area contributed by atoms with Crippen LogP contribution < -0.4 is 0 Å². The normalized spacial score (nSPS) is 13.6. The molecule has 0 radical (unpaired) electrons. The topological polar surface area (TPSA) is 108 Å². The number of allylic oxidation sites excluding steroid dienone is 18. The van der Waals surface area contributed by atoms with Crippen LogP contribution in [-0.2, 0) is 33.3 Å². The maximum absolute atomic E-state index is 12.9. The minimum absolute atomic E-state index is 0.177. The number of quaternary nitrogens is 1. The van der Waals surface area contributed by atoms with Crippen molar-refractivity contribution in [2.24, 2.45) is 0 Å². The second kappa shape index (κ2) is 52.3. The monoisotopic (exact) mass is 991 g/mol. The zero-order valence-electron chi connectivity index (χ0n) is 45.8. The first-order valence-corrected chi connectivity index (χ1v) is 28.1. The number of ether oxygens (including phenoxy) is 4. The first kappa shape index (κ1) is 67.0. The molecule has 0 fully saturated rings. The summed E-state index contributed by atoms with van der Waals surface area (Å²) in [6, 6.07) is 0. The molecule has 0 aromatic rings. The molecule has 0 saturated carbocycles. The zero-order valence-corrected chi connectivity index (χ0v) is 45.8. The van der Waals surface area contributed by atoms with E-state index in [4.69, 9.17) is 18.9 Å². The van der Waals surface area contributed by atoms with E-state index in [1.165, 1.54) is 64.2 Å². The molecule has 0 saturated heterocycles. The van der Waals surface area contributed by atoms with Crippen molar-refractivity contribution >= 4 is 17.9 Å². The molecule has 0 spiro atoms. The summed E-state index contributed by atoms with van der Waals surface area (Å²) in [6.45, 7) is 4.61. The van der Waals surface area contributed by atoms with Crippen LogP contribution in [-0.4, -0.2) is 87.4 Å². The highest BCUT2D eigenvalue weighted by Gasteiger charge is 2.25. The number of nitrogens with zero attached hydrogens (tertiary/aromatic N) is 1. The van der Waals surface area contributed by atoms with Gasteiger partial charge in [-0.3, -0.25) is 9.59 Å². The van der Waals surface area contributed by atoms with Crippen LogP contribution in [0.15, 0.2) is 109 Å². The predicted octanol–water partition coefficient (Wildman–Crippen LogP) is 16.3. The van der Waals surface area contributed by atoms with Crippen molar-refractivity contribution in [3.8, 4) is 0 Å². The Labute approximate surface area is 434 Å². The molecule has 0 amide bonds. The van der Waals surface area contributed by atoms with Gasteiger partial charge in [0, 0.05) is 12.8 Å². The molecule has 0 aromatic heterocycles. The quantitative estimate of drug-likeness (QED) is 0.0211. The summed E-state index contributed by atoms with van der Waals surface area (Å²) in [5, 5.41) is 9.70. The number of hydrogen-bond donors (Lipinski definition) is 1. The van der Waals surface area contributed by atoms with Crippen LogP contribution in [0.5, 0.6) is 0 Å². The van der Waals surface area contributed by atoms with E-state index < -0.39 is 24.3 Å². The van der Waals surface area contributed by atoms with Gasteiger partial charge >= 0.3 is 17.9 Å². The van der Waals surface area contributed by atoms with Crippen LogP contribution in [0.2, 0.25) is 0 Å². The number of unbranched alkanes of at least 4 members (excludes halogenated alkanes) is 17. The fourth-order valence-electron chi connectivity index (χ4n) is 7.27. The molecule has 2 unspecified atom stereocenters. The van der Waals surface area contributed by atoms with Crippen LogP contribution >= 0.6 is 0 Å². The molecule has 9 nitrogen and oxygen atoms in total. The van der Waals surface area contributed by atoms with E-state index in [0.29, 0.717) is 17.4 Å². The lowest BCUT2D eigenvalue weighted by Gasteiger charge is -2.25. The van der Waals surface area contributed by atoms with Crippen LogP contribution in [0.25, 0.3) is 0 Å². The van der Waals surface area contributed by atoms with Crippen molar-refractivity contribution in [2.45, 2.75) is 219 Å². The Morgan fingerprint density at radius 3 is 1.13 bits per heavy atom. The second-order valence-corrected chi connectivity index (χ2v) is 19.5. The molecule has 0 rings (SSSR count). The average Bonchev–Trinajstić information content (AvgIpc) is 3.34. The lowest BCUT2D eigenvalue weighted by molar-refractivity contribution is -0.870. The van der Waals surface area contributed by atoms with E-state index in [0.717, 1.165) is 109 Å². The fourth-order valence-corrected chi connectivity index (χ4v) is 7.27. The molecular formula is C62H104NO8+. The molecule has 0 aromatic carbocycles. The van der Waals surface area contributed by atoms with Crippen molar-refractivity contribution in [3.05, 3.63) is 109 Å². The van der Waals surface area contributed by atoms with Crippen LogP contribution in [0.3, 0.4) is 0 Å². The highest BCUT2D eigenvalue weighted by molar-refractivity contribution is 5.71. The van der Waals surface area contributed by atoms with Gasteiger partial charge in [0.25, 0.3) is 6.29 Å². The minimum Gasteiger partial charge on any atom is -0.477 e. The Morgan fingerprint density at radius 2 is 0.761 bits per heavy atom. The highest BCUT2D eigenvalue weighted by atomic mass is 16.7. The summed E-state index contributed by atoms with van der Waals surface area (Å²) < 4.78 is 22.8. The molecule has 0 bridgehead atoms. The zero-order chi connectivity index (χ0) is 52.0. The first-order chi connectivity index (χ1) is 34.6. The first-order valence-electron chi connectivity index (χ1n) is 28.1. The number of aliphatic carboxylic acids is 1. The number of rotatable bonds is 50. The molecule has 2 atom stereocenters. The standard InChI is InChI=1S/C62H103NO8/c1-6-8-10-12-14-16-18-20-22-24-26-28-29-30-31-33-34-36-38-40-42-44-46-48-50-52-59(64)69-56-58(57-70-62(61(66)67)68-55-54-63(3,4)5)71-60(65)53-51-49-47-45-43-41-39-37-35-32-27-25-23-21-19-17-15-13-11-9-7-2/h8-11,14-17,20-23,26-28,32,37,39,58,62H,6-7,12-13,18-19,24-25,29-31,33-36,38,40-57H2,1-5H3/p+1/b10-8-,11-9-,16-14-,17-15-,22-20-,23-21-,28-26-,32-27-,39-37-. The Bertz CT molecular complexity index is 1530. The Balaban J connectivity index is 4.32. The van der Waals surface area contributed by atoms with E-state index in [-0.39, 0.29) is 38.6 Å². The summed E-state index contributed by atoms with van der Waals surface area (Å²) in [7, 11) is 5.95. The molecule has 9 heteroatoms. The van der Waals surface area contributed by atoms with Crippen molar-refractivity contribution in [2.75, 3.05) is 47.5 Å². The summed E-state index contributed by atoms with van der Waals surface area (Å²) in [5.74, 6) is -2.04. The summed E-state index contributed by atoms with van der Waals surface area (Å²) >= 11 is 0. The second-order valence-electron chi connectivity index (χ2n) is 19.5. The minimum atomic E-state index is -1.52. The molecule has 0 aliphatic carbocycles. The largest absolute Gasteiger partial charge is 0.477 e. The van der Waals surface area contributed by atoms with Gasteiger partial charge in [-0.2, -0.15) is 0 Å². The van der Waals surface area contributed by atoms with E-state index in [1.54, 1.807) is 0 Å². The Morgan fingerprint density at radius 1 is 0.423 bits per heavy atom. The molecule has 0 heterocycles. The third-order valence-corrected chi connectivity index (χ3v) is 11.5. The van der Waals surface area contributed by atoms with Crippen molar-refractivity contribution in [1.82, 2.24) is 0 Å². The van der Waals surface area contributed by atoms with Gasteiger partial charge in [-0.15, -0.1) is 0 Å². The molecule has 1 N–H and O–H groups in total. The van der Waals surface area contributed by atoms with Gasteiger partial charge in [0.1, 0.15) is 13.2 Å². The van der Waals surface area contributed by atoms with Crippen LogP contribution in [0.1, 0.15) is 206 Å². The molecule has 404 valence electrons. The van der Waals surface area contributed by atoms with E-state index in [1.807, 2.05) is 21.1 Å². The van der Waals surface area contributed by atoms with Gasteiger partial charge in [-0.1, -0.05) is 207 Å². The average molecular weight is 992 g/mol. The van der Waals surface area contributed by atoms with Gasteiger partial charge in [0.05, 0.1) is 34.4 Å². The summed E-state index contributed by atoms with van der Waals surface area (Å²) in [4.78, 5) is 37.4. The van der Waals surface area contributed by atoms with E-state index >= 15 is 0 Å². The van der Waals surface area contributed by atoms with Gasteiger partial charge in [0.15, 0.2) is 6.10 Å². The van der Waals surface area contributed by atoms with Crippen LogP contribution in [0, 0.1) is 0 Å². The fraction of sp³-hybridized carbons (Fsp3) is 0.661. The van der Waals surface area contributed by atoms with Crippen molar-refractivity contribution in [3.63, 3.8) is 0 Å². The Hall–Kier alpha value is -4.05. The third-order valence-electron chi connectivity index (χ3n) is 11.5. The molecular weight excluding hydrogens is 887 g/mol. The number of esters is 2. The van der Waals surface area contributed by atoms with Crippen molar-refractivity contribution in [1.29, 1.82) is 0 Å². The number of carbonyl (C=O) groups excluding carboxylic acids is 2. The van der Waals surface area contributed by atoms with Gasteiger partial charge < -0.3 is 28.5 Å². The number of carboxylic acid groups (broad SMARTS) is 1. The number of hydrogen-bond acceptors (Lipinski definition) is 7. The van der Waals surface area contributed by atoms with E-state index in [2.05, 4.69) is 123 Å². The van der Waals surface area contributed by atoms with Crippen LogP contribution in [0.4, 0.5) is 0 Å². The number of likely N-dealkylation sites (N-methyl/N-ethyl adjacent to an activating group) is 1. The predicted molar refractivity (Wildman–Crippen MR) is 299 cm³/mol. The third kappa shape index (κ3) is 53.6. The summed E-state index contributed by atoms with van der Waals surface area (Å²) in [6.07, 6.45) is 68.7. The molecule has 0 aliphatic heterocycles. The summed E-state index contributed by atoms with van der Waals surface area (Å²) in [5.41, 5.74) is 0. The highest BCUT2D eigenvalue weighted by Crippen LogP contribution is 2.15. The maximum atomic E-state index is 12.9. The maximum Gasteiger partial charge on any atom is 0.361 e. The van der Waals surface area contributed by atoms with Crippen molar-refractivity contribution < 1.29 is 42.9 Å². The Kier molecular flexibility index (Phi) is 49.3. The van der Waals surface area contributed by atoms with Gasteiger partial charge in [0.2, 0.25) is 0 Å². The van der Waals surface area contributed by atoms with Gasteiger partial charge in [-0.25, -0.2) is 4.79 Å². The smallest absolute Gasteiger partial charge is 0.361 e. The van der Waals surface area contributed by atoms with Gasteiger partial charge in [-0.05, 0) is 96.3 Å². The lowest BCUT2D eigenvalue weighted by atomic mass is 10.0. The molecule has 0 aliphatic rings. The molecule has 71 heavy (non-hydrogen) atoms. The SMILES string of the molecule is CC/C=C\C/C=C\C/C=C\C/C=C\C/C=C\CCCCCCCC(=O)OC(COC(=O)CCCCCCCCCCCCCC/C=C\C/C=C\C/C=C\C/C=C\CC)COC(OCC[N+](C)(C)C)C(=O)O. The van der Waals surface area contributed by atoms with E-state index in [9.17, 15) is 19.5 Å². The number of carbonyl (C=O) groups is 3. The lowest BCUT2D eigenvalue weighted by Crippen LogP contribution is -2.40.